The molecule has 0 atom stereocenters. The summed E-state index contributed by atoms with van der Waals surface area (Å²) in [5, 5.41) is 4.54. The zero-order valence-electron chi connectivity index (χ0n) is 15.1. The summed E-state index contributed by atoms with van der Waals surface area (Å²) in [5.41, 5.74) is 4.59. The third-order valence-corrected chi connectivity index (χ3v) is 5.95. The zero-order valence-corrected chi connectivity index (χ0v) is 15.1. The molecule has 4 nitrogen and oxygen atoms in total. The molecule has 5 heteroatoms. The summed E-state index contributed by atoms with van der Waals surface area (Å²) in [6.07, 6.45) is 4.33. The van der Waals surface area contributed by atoms with Crippen LogP contribution in [0.15, 0.2) is 42.6 Å². The Morgan fingerprint density at radius 1 is 1.11 bits per heavy atom. The lowest BCUT2D eigenvalue weighted by atomic mass is 9.89. The molecule has 2 aromatic carbocycles. The van der Waals surface area contributed by atoms with Crippen LogP contribution in [-0.4, -0.2) is 28.9 Å². The predicted molar refractivity (Wildman–Crippen MR) is 103 cm³/mol. The first-order valence-electron chi connectivity index (χ1n) is 9.58. The van der Waals surface area contributed by atoms with Crippen molar-refractivity contribution in [3.05, 3.63) is 70.7 Å². The van der Waals surface area contributed by atoms with Crippen LogP contribution < -0.4 is 5.32 Å². The maximum Gasteiger partial charge on any atom is 0.254 e. The standard InChI is InChI=1S/C22H22FN3O/c23-20-3-1-2-16-12-26(13-19(16)20)22(27)15-4-5-21-17(10-15)18(11-25-21)14-6-8-24-9-7-14/h1-5,10-11,14,24-25H,6-9,12-13H2. The fourth-order valence-electron chi connectivity index (χ4n) is 4.45. The van der Waals surface area contributed by atoms with Gasteiger partial charge < -0.3 is 15.2 Å². The van der Waals surface area contributed by atoms with Crippen LogP contribution in [0.3, 0.4) is 0 Å². The van der Waals surface area contributed by atoms with E-state index in [1.165, 1.54) is 11.6 Å². The van der Waals surface area contributed by atoms with Gasteiger partial charge in [0, 0.05) is 41.3 Å². The number of nitrogens with one attached hydrogen (secondary N) is 2. The molecule has 0 spiro atoms. The Morgan fingerprint density at radius 2 is 1.96 bits per heavy atom. The topological polar surface area (TPSA) is 48.1 Å². The minimum absolute atomic E-state index is 0.0371. The number of hydrogen-bond donors (Lipinski definition) is 2. The lowest BCUT2D eigenvalue weighted by Gasteiger charge is -2.22. The first-order valence-corrected chi connectivity index (χ1v) is 9.58. The van der Waals surface area contributed by atoms with E-state index >= 15 is 0 Å². The highest BCUT2D eigenvalue weighted by Gasteiger charge is 2.27. The zero-order chi connectivity index (χ0) is 18.4. The molecule has 0 aliphatic carbocycles. The van der Waals surface area contributed by atoms with Gasteiger partial charge in [-0.25, -0.2) is 4.39 Å². The smallest absolute Gasteiger partial charge is 0.254 e. The van der Waals surface area contributed by atoms with Gasteiger partial charge in [-0.2, -0.15) is 0 Å². The molecule has 0 radical (unpaired) electrons. The number of benzene rings is 2. The second-order valence-electron chi connectivity index (χ2n) is 7.57. The van der Waals surface area contributed by atoms with Gasteiger partial charge in [0.1, 0.15) is 5.82 Å². The number of amides is 1. The first-order chi connectivity index (χ1) is 13.2. The molecule has 0 bridgehead atoms. The van der Waals surface area contributed by atoms with Gasteiger partial charge in [-0.05, 0) is 67.2 Å². The number of piperidine rings is 1. The molecule has 138 valence electrons. The number of rotatable bonds is 2. The van der Waals surface area contributed by atoms with Gasteiger partial charge in [-0.15, -0.1) is 0 Å². The molecular weight excluding hydrogens is 341 g/mol. The summed E-state index contributed by atoms with van der Waals surface area (Å²) in [5.74, 6) is 0.262. The molecule has 0 saturated carbocycles. The number of fused-ring (bicyclic) bond motifs is 2. The van der Waals surface area contributed by atoms with E-state index in [2.05, 4.69) is 16.5 Å². The fraction of sp³-hybridized carbons (Fsp3) is 0.318. The fourth-order valence-corrected chi connectivity index (χ4v) is 4.45. The summed E-state index contributed by atoms with van der Waals surface area (Å²) in [6.45, 7) is 2.88. The summed E-state index contributed by atoms with van der Waals surface area (Å²) < 4.78 is 14.0. The van der Waals surface area contributed by atoms with E-state index in [0.717, 1.165) is 42.4 Å². The van der Waals surface area contributed by atoms with E-state index in [-0.39, 0.29) is 11.7 Å². The number of aromatic nitrogens is 1. The largest absolute Gasteiger partial charge is 0.361 e. The van der Waals surface area contributed by atoms with Gasteiger partial charge in [0.2, 0.25) is 0 Å². The van der Waals surface area contributed by atoms with Crippen LogP contribution in [0.2, 0.25) is 0 Å². The predicted octanol–water partition coefficient (Wildman–Crippen LogP) is 3.93. The molecule has 3 aromatic rings. The van der Waals surface area contributed by atoms with E-state index in [4.69, 9.17) is 0 Å². The molecule has 27 heavy (non-hydrogen) atoms. The molecule has 2 aliphatic rings. The first kappa shape index (κ1) is 16.5. The number of carbonyl (C=O) groups is 1. The lowest BCUT2D eigenvalue weighted by Crippen LogP contribution is -2.26. The Labute approximate surface area is 157 Å². The monoisotopic (exact) mass is 363 g/mol. The van der Waals surface area contributed by atoms with Crippen molar-refractivity contribution in [3.8, 4) is 0 Å². The van der Waals surface area contributed by atoms with E-state index in [1.807, 2.05) is 24.3 Å². The van der Waals surface area contributed by atoms with Crippen LogP contribution in [0.4, 0.5) is 4.39 Å². The SMILES string of the molecule is O=C(c1ccc2[nH]cc(C3CCNCC3)c2c1)N1Cc2cccc(F)c2C1. The van der Waals surface area contributed by atoms with Gasteiger partial charge in [0.25, 0.3) is 5.91 Å². The van der Waals surface area contributed by atoms with Crippen molar-refractivity contribution in [2.45, 2.75) is 31.8 Å². The number of hydrogen-bond acceptors (Lipinski definition) is 2. The van der Waals surface area contributed by atoms with Crippen LogP contribution in [-0.2, 0) is 13.1 Å². The Bertz CT molecular complexity index is 1020. The van der Waals surface area contributed by atoms with Gasteiger partial charge in [-0.1, -0.05) is 12.1 Å². The molecule has 1 fully saturated rings. The summed E-state index contributed by atoms with van der Waals surface area (Å²) in [4.78, 5) is 18.1. The van der Waals surface area contributed by atoms with Gasteiger partial charge in [0.05, 0.1) is 0 Å². The van der Waals surface area contributed by atoms with Crippen molar-refractivity contribution in [1.82, 2.24) is 15.2 Å². The minimum atomic E-state index is -0.225. The number of halogens is 1. The maximum atomic E-state index is 14.0. The summed E-state index contributed by atoms with van der Waals surface area (Å²) in [6, 6.07) is 10.9. The number of aromatic amines is 1. The Hall–Kier alpha value is -2.66. The third-order valence-electron chi connectivity index (χ3n) is 5.95. The van der Waals surface area contributed by atoms with Crippen molar-refractivity contribution in [2.24, 2.45) is 0 Å². The highest BCUT2D eigenvalue weighted by Crippen LogP contribution is 2.33. The van der Waals surface area contributed by atoms with Crippen LogP contribution in [0.5, 0.6) is 0 Å². The van der Waals surface area contributed by atoms with Crippen LogP contribution in [0, 0.1) is 5.82 Å². The molecule has 1 aromatic heterocycles. The second kappa shape index (κ2) is 6.50. The maximum absolute atomic E-state index is 14.0. The molecular formula is C22H22FN3O. The van der Waals surface area contributed by atoms with E-state index in [0.29, 0.717) is 30.1 Å². The van der Waals surface area contributed by atoms with E-state index in [9.17, 15) is 9.18 Å². The second-order valence-corrected chi connectivity index (χ2v) is 7.57. The van der Waals surface area contributed by atoms with Crippen molar-refractivity contribution in [3.63, 3.8) is 0 Å². The number of H-pyrrole nitrogens is 1. The van der Waals surface area contributed by atoms with E-state index < -0.39 is 0 Å². The molecule has 5 rings (SSSR count). The van der Waals surface area contributed by atoms with Gasteiger partial charge in [-0.3, -0.25) is 4.79 Å². The van der Waals surface area contributed by atoms with Crippen molar-refractivity contribution >= 4 is 16.8 Å². The highest BCUT2D eigenvalue weighted by atomic mass is 19.1. The van der Waals surface area contributed by atoms with E-state index in [1.54, 1.807) is 11.0 Å². The quantitative estimate of drug-likeness (QED) is 0.725. The van der Waals surface area contributed by atoms with Gasteiger partial charge >= 0.3 is 0 Å². The normalized spacial score (nSPS) is 17.4. The van der Waals surface area contributed by atoms with Crippen LogP contribution in [0.25, 0.3) is 10.9 Å². The molecule has 0 unspecified atom stereocenters. The average molecular weight is 363 g/mol. The van der Waals surface area contributed by atoms with Gasteiger partial charge in [0.15, 0.2) is 0 Å². The summed E-state index contributed by atoms with van der Waals surface area (Å²) >= 11 is 0. The third kappa shape index (κ3) is 2.82. The molecule has 1 amide bonds. The van der Waals surface area contributed by atoms with Crippen molar-refractivity contribution in [2.75, 3.05) is 13.1 Å². The highest BCUT2D eigenvalue weighted by molar-refractivity contribution is 5.99. The molecule has 2 aliphatic heterocycles. The van der Waals surface area contributed by atoms with Crippen molar-refractivity contribution < 1.29 is 9.18 Å². The average Bonchev–Trinajstić information content (AvgIpc) is 3.32. The Kier molecular flexibility index (Phi) is 3.97. The van der Waals surface area contributed by atoms with Crippen LogP contribution in [0.1, 0.15) is 45.8 Å². The lowest BCUT2D eigenvalue weighted by molar-refractivity contribution is 0.0751. The number of carbonyl (C=O) groups excluding carboxylic acids is 1. The van der Waals surface area contributed by atoms with Crippen molar-refractivity contribution in [1.29, 1.82) is 0 Å². The van der Waals surface area contributed by atoms with Crippen LogP contribution >= 0.6 is 0 Å². The Balaban J connectivity index is 1.45. The summed E-state index contributed by atoms with van der Waals surface area (Å²) in [7, 11) is 0. The minimum Gasteiger partial charge on any atom is -0.361 e. The molecule has 3 heterocycles. The Morgan fingerprint density at radius 3 is 2.78 bits per heavy atom. The molecule has 2 N–H and O–H groups in total. The molecule has 1 saturated heterocycles. The number of nitrogens with zero attached hydrogens (tertiary/aromatic N) is 1.